The van der Waals surface area contributed by atoms with Crippen LogP contribution in [0.1, 0.15) is 52.9 Å². The number of thiocarbonyl (C=S) groups is 1. The van der Waals surface area contributed by atoms with Crippen LogP contribution in [-0.2, 0) is 0 Å². The Morgan fingerprint density at radius 3 is 2.54 bits per heavy atom. The van der Waals surface area contributed by atoms with Gasteiger partial charge in [-0.2, -0.15) is 9.97 Å². The highest BCUT2D eigenvalue weighted by atomic mass is 32.1. The minimum atomic E-state index is 0.518. The summed E-state index contributed by atoms with van der Waals surface area (Å²) < 4.78 is 0. The van der Waals surface area contributed by atoms with E-state index in [0.717, 1.165) is 37.8 Å². The molecule has 6 nitrogen and oxygen atoms in total. The average molecular weight is 377 g/mol. The van der Waals surface area contributed by atoms with E-state index in [2.05, 4.69) is 47.3 Å². The molecule has 0 unspecified atom stereocenters. The molecule has 144 valence electrons. The maximum atomic E-state index is 5.43. The van der Waals surface area contributed by atoms with Crippen molar-refractivity contribution in [3.63, 3.8) is 0 Å². The normalized spacial score (nSPS) is 20.5. The monoisotopic (exact) mass is 376 g/mol. The Hall–Kier alpha value is -1.63. The van der Waals surface area contributed by atoms with Crippen LogP contribution >= 0.6 is 12.2 Å². The van der Waals surface area contributed by atoms with E-state index in [9.17, 15) is 0 Å². The number of hydrogen-bond donors (Lipinski definition) is 2. The Morgan fingerprint density at radius 1 is 1.15 bits per heavy atom. The second kappa shape index (κ2) is 8.84. The van der Waals surface area contributed by atoms with Gasteiger partial charge in [0.1, 0.15) is 11.6 Å². The number of rotatable bonds is 5. The average Bonchev–Trinajstić information content (AvgIpc) is 3.15. The lowest BCUT2D eigenvalue weighted by molar-refractivity contribution is 0.481. The summed E-state index contributed by atoms with van der Waals surface area (Å²) in [4.78, 5) is 14.3. The Morgan fingerprint density at radius 2 is 1.85 bits per heavy atom. The molecule has 0 radical (unpaired) electrons. The summed E-state index contributed by atoms with van der Waals surface area (Å²) in [5.74, 6) is 3.17. The quantitative estimate of drug-likeness (QED) is 0.764. The predicted molar refractivity (Wildman–Crippen MR) is 113 cm³/mol. The zero-order valence-electron chi connectivity index (χ0n) is 16.3. The third-order valence-electron chi connectivity index (χ3n) is 5.12. The van der Waals surface area contributed by atoms with Gasteiger partial charge in [-0.3, -0.25) is 0 Å². The second-order valence-electron chi connectivity index (χ2n) is 7.87. The fourth-order valence-corrected chi connectivity index (χ4v) is 3.79. The summed E-state index contributed by atoms with van der Waals surface area (Å²) in [6.07, 6.45) is 6.22. The molecule has 7 heteroatoms. The molecular formula is C19H32N6S. The number of piperidine rings is 1. The molecule has 0 saturated carbocycles. The molecule has 0 aliphatic carbocycles. The van der Waals surface area contributed by atoms with Crippen molar-refractivity contribution in [1.82, 2.24) is 15.3 Å². The molecule has 0 spiro atoms. The van der Waals surface area contributed by atoms with E-state index < -0.39 is 0 Å². The van der Waals surface area contributed by atoms with Gasteiger partial charge in [-0.15, -0.1) is 0 Å². The Balaban J connectivity index is 1.81. The minimum Gasteiger partial charge on any atom is -0.362 e. The maximum Gasteiger partial charge on any atom is 0.232 e. The zero-order valence-corrected chi connectivity index (χ0v) is 17.1. The molecule has 26 heavy (non-hydrogen) atoms. The number of anilines is 3. The summed E-state index contributed by atoms with van der Waals surface area (Å²) >= 11 is 5.43. The SMILES string of the molecule is CC(C)CNC(=S)Nc1nc(N2CCCC2)cc(N2CCCC[C@@H]2C)n1. The zero-order chi connectivity index (χ0) is 18.5. The number of hydrogen-bond acceptors (Lipinski definition) is 5. The molecule has 2 aliphatic heterocycles. The Labute approximate surface area is 162 Å². The first kappa shape index (κ1) is 19.1. The van der Waals surface area contributed by atoms with Crippen molar-refractivity contribution >= 4 is 34.9 Å². The van der Waals surface area contributed by atoms with E-state index in [-0.39, 0.29) is 0 Å². The van der Waals surface area contributed by atoms with Gasteiger partial charge in [-0.05, 0) is 57.2 Å². The van der Waals surface area contributed by atoms with Gasteiger partial charge in [0, 0.05) is 38.3 Å². The van der Waals surface area contributed by atoms with E-state index in [4.69, 9.17) is 22.2 Å². The summed E-state index contributed by atoms with van der Waals surface area (Å²) in [5, 5.41) is 7.03. The molecule has 3 heterocycles. The molecule has 3 rings (SSSR count). The topological polar surface area (TPSA) is 56.3 Å². The predicted octanol–water partition coefficient (Wildman–Crippen LogP) is 3.40. The van der Waals surface area contributed by atoms with E-state index in [1.54, 1.807) is 0 Å². The van der Waals surface area contributed by atoms with Crippen molar-refractivity contribution < 1.29 is 0 Å². The highest BCUT2D eigenvalue weighted by Crippen LogP contribution is 2.28. The Bertz CT molecular complexity index is 614. The minimum absolute atomic E-state index is 0.518. The molecule has 2 aliphatic rings. The van der Waals surface area contributed by atoms with Crippen molar-refractivity contribution in [2.24, 2.45) is 5.92 Å². The molecule has 1 atom stereocenters. The van der Waals surface area contributed by atoms with Gasteiger partial charge < -0.3 is 20.4 Å². The first-order valence-electron chi connectivity index (χ1n) is 9.98. The van der Waals surface area contributed by atoms with E-state index >= 15 is 0 Å². The maximum absolute atomic E-state index is 5.43. The largest absolute Gasteiger partial charge is 0.362 e. The van der Waals surface area contributed by atoms with Gasteiger partial charge in [0.05, 0.1) is 0 Å². The van der Waals surface area contributed by atoms with E-state index in [1.807, 2.05) is 0 Å². The third kappa shape index (κ3) is 4.96. The molecule has 1 aromatic rings. The number of aromatic nitrogens is 2. The molecule has 0 aromatic carbocycles. The lowest BCUT2D eigenvalue weighted by atomic mass is 10.0. The molecule has 0 bridgehead atoms. The summed E-state index contributed by atoms with van der Waals surface area (Å²) in [6, 6.07) is 2.67. The third-order valence-corrected chi connectivity index (χ3v) is 5.37. The smallest absolute Gasteiger partial charge is 0.232 e. The van der Waals surface area contributed by atoms with Gasteiger partial charge >= 0.3 is 0 Å². The van der Waals surface area contributed by atoms with Crippen molar-refractivity contribution in [2.45, 2.75) is 58.9 Å². The van der Waals surface area contributed by atoms with Crippen LogP contribution in [0.15, 0.2) is 6.07 Å². The van der Waals surface area contributed by atoms with E-state index in [0.29, 0.717) is 23.0 Å². The first-order valence-corrected chi connectivity index (χ1v) is 10.4. The van der Waals surface area contributed by atoms with E-state index in [1.165, 1.54) is 32.1 Å². The van der Waals surface area contributed by atoms with Crippen molar-refractivity contribution in [3.8, 4) is 0 Å². The first-order chi connectivity index (χ1) is 12.5. The standard InChI is InChI=1S/C19H32N6S/c1-14(2)13-20-19(26)23-18-21-16(24-9-6-7-10-24)12-17(22-18)25-11-5-4-8-15(25)3/h12,14-15H,4-11,13H2,1-3H3,(H2,20,21,22,23,26)/t15-/m0/s1. The highest BCUT2D eigenvalue weighted by molar-refractivity contribution is 7.80. The van der Waals surface area contributed by atoms with Crippen molar-refractivity contribution in [2.75, 3.05) is 41.3 Å². The van der Waals surface area contributed by atoms with Gasteiger partial charge in [0.25, 0.3) is 0 Å². The fraction of sp³-hybridized carbons (Fsp3) is 0.737. The van der Waals surface area contributed by atoms with Crippen LogP contribution in [0.2, 0.25) is 0 Å². The molecule has 2 fully saturated rings. The van der Waals surface area contributed by atoms with Crippen molar-refractivity contribution in [1.29, 1.82) is 0 Å². The van der Waals surface area contributed by atoms with Crippen LogP contribution in [0.5, 0.6) is 0 Å². The van der Waals surface area contributed by atoms with Gasteiger partial charge in [-0.1, -0.05) is 13.8 Å². The van der Waals surface area contributed by atoms with Gasteiger partial charge in [-0.25, -0.2) is 0 Å². The van der Waals surface area contributed by atoms with Crippen LogP contribution in [-0.4, -0.2) is 47.3 Å². The van der Waals surface area contributed by atoms with Crippen LogP contribution in [0.3, 0.4) is 0 Å². The molecule has 1 aromatic heterocycles. The molecule has 0 amide bonds. The van der Waals surface area contributed by atoms with Crippen LogP contribution in [0.25, 0.3) is 0 Å². The fourth-order valence-electron chi connectivity index (χ4n) is 3.61. The van der Waals surface area contributed by atoms with Crippen molar-refractivity contribution in [3.05, 3.63) is 6.07 Å². The number of nitrogens with one attached hydrogen (secondary N) is 2. The Kier molecular flexibility index (Phi) is 6.51. The van der Waals surface area contributed by atoms with Gasteiger partial charge in [0.2, 0.25) is 5.95 Å². The molecular weight excluding hydrogens is 344 g/mol. The summed E-state index contributed by atoms with van der Waals surface area (Å²) in [7, 11) is 0. The van der Waals surface area contributed by atoms with Crippen LogP contribution in [0, 0.1) is 5.92 Å². The summed E-state index contributed by atoms with van der Waals surface area (Å²) in [5.41, 5.74) is 0. The summed E-state index contributed by atoms with van der Waals surface area (Å²) in [6.45, 7) is 10.7. The number of nitrogens with zero attached hydrogens (tertiary/aromatic N) is 4. The van der Waals surface area contributed by atoms with Crippen LogP contribution in [0.4, 0.5) is 17.6 Å². The molecule has 2 N–H and O–H groups in total. The highest BCUT2D eigenvalue weighted by Gasteiger charge is 2.23. The van der Waals surface area contributed by atoms with Gasteiger partial charge in [0.15, 0.2) is 5.11 Å². The van der Waals surface area contributed by atoms with Crippen LogP contribution < -0.4 is 20.4 Å². The lowest BCUT2D eigenvalue weighted by Gasteiger charge is -2.35. The lowest BCUT2D eigenvalue weighted by Crippen LogP contribution is -2.38. The second-order valence-corrected chi connectivity index (χ2v) is 8.28. The molecule has 2 saturated heterocycles.